The first kappa shape index (κ1) is 18.9. The van der Waals surface area contributed by atoms with Crippen LogP contribution in [0.4, 0.5) is 4.39 Å². The quantitative estimate of drug-likeness (QED) is 0.645. The molecule has 1 aliphatic rings. The molecule has 1 aromatic heterocycles. The number of rotatable bonds is 6. The molecule has 0 saturated heterocycles. The van der Waals surface area contributed by atoms with Crippen LogP contribution in [0.1, 0.15) is 28.9 Å². The van der Waals surface area contributed by atoms with Crippen molar-refractivity contribution in [3.8, 4) is 11.4 Å². The highest BCUT2D eigenvalue weighted by molar-refractivity contribution is 5.92. The lowest BCUT2D eigenvalue weighted by atomic mass is 10.2. The van der Waals surface area contributed by atoms with Crippen LogP contribution in [0.15, 0.2) is 65.5 Å². The summed E-state index contributed by atoms with van der Waals surface area (Å²) in [4.78, 5) is 27.2. The monoisotopic (exact) mass is 393 g/mol. The molecule has 148 valence electrons. The summed E-state index contributed by atoms with van der Waals surface area (Å²) in [6.07, 6.45) is 1.89. The second-order valence-corrected chi connectivity index (χ2v) is 6.96. The van der Waals surface area contributed by atoms with Crippen LogP contribution in [0.5, 0.6) is 5.75 Å². The minimum atomic E-state index is -0.409. The van der Waals surface area contributed by atoms with Gasteiger partial charge in [0.25, 0.3) is 11.5 Å². The van der Waals surface area contributed by atoms with Crippen LogP contribution in [-0.2, 0) is 6.54 Å². The van der Waals surface area contributed by atoms with Crippen LogP contribution in [0.2, 0.25) is 0 Å². The summed E-state index contributed by atoms with van der Waals surface area (Å²) in [5.41, 5.74) is 1.17. The fourth-order valence-corrected chi connectivity index (χ4v) is 3.12. The largest absolute Gasteiger partial charge is 0.497 e. The SMILES string of the molecule is COc1ccc(CN(C(=O)c2ccc(=O)n(-c3ccc(F)cc3)n2)C2CC2)cc1. The lowest BCUT2D eigenvalue weighted by Crippen LogP contribution is -2.35. The zero-order valence-corrected chi connectivity index (χ0v) is 15.9. The lowest BCUT2D eigenvalue weighted by Gasteiger charge is -2.22. The Bertz CT molecular complexity index is 1070. The number of halogens is 1. The van der Waals surface area contributed by atoms with Gasteiger partial charge in [-0.05, 0) is 60.9 Å². The number of carbonyl (C=O) groups is 1. The van der Waals surface area contributed by atoms with Crippen molar-refractivity contribution < 1.29 is 13.9 Å². The van der Waals surface area contributed by atoms with Crippen molar-refractivity contribution in [2.45, 2.75) is 25.4 Å². The van der Waals surface area contributed by atoms with Gasteiger partial charge >= 0.3 is 0 Å². The van der Waals surface area contributed by atoms with Crippen LogP contribution < -0.4 is 10.3 Å². The van der Waals surface area contributed by atoms with E-state index in [0.29, 0.717) is 12.2 Å². The standard InChI is InChI=1S/C22H20FN3O3/c1-29-19-10-2-15(3-11-19)14-25(17-8-9-17)22(28)20-12-13-21(27)26(24-20)18-6-4-16(23)5-7-18/h2-7,10-13,17H,8-9,14H2,1H3. The molecule has 0 bridgehead atoms. The molecule has 1 heterocycles. The molecule has 3 aromatic rings. The minimum absolute atomic E-state index is 0.164. The number of nitrogens with zero attached hydrogens (tertiary/aromatic N) is 3. The Morgan fingerprint density at radius 2 is 1.79 bits per heavy atom. The van der Waals surface area contributed by atoms with Crippen molar-refractivity contribution >= 4 is 5.91 Å². The molecule has 4 rings (SSSR count). The molecule has 0 radical (unpaired) electrons. The topological polar surface area (TPSA) is 64.4 Å². The molecule has 1 fully saturated rings. The van der Waals surface area contributed by atoms with E-state index in [1.807, 2.05) is 24.3 Å². The fourth-order valence-electron chi connectivity index (χ4n) is 3.12. The molecule has 1 saturated carbocycles. The zero-order valence-electron chi connectivity index (χ0n) is 15.9. The van der Waals surface area contributed by atoms with Gasteiger partial charge in [-0.2, -0.15) is 9.78 Å². The first-order valence-corrected chi connectivity index (χ1v) is 9.35. The van der Waals surface area contributed by atoms with Crippen molar-refractivity contribution in [3.63, 3.8) is 0 Å². The van der Waals surface area contributed by atoms with Gasteiger partial charge in [0.05, 0.1) is 12.8 Å². The zero-order chi connectivity index (χ0) is 20.4. The summed E-state index contributed by atoms with van der Waals surface area (Å²) in [7, 11) is 1.61. The average molecular weight is 393 g/mol. The smallest absolute Gasteiger partial charge is 0.274 e. The number of hydrogen-bond acceptors (Lipinski definition) is 4. The first-order valence-electron chi connectivity index (χ1n) is 9.35. The van der Waals surface area contributed by atoms with E-state index in [1.54, 1.807) is 12.0 Å². The maximum Gasteiger partial charge on any atom is 0.274 e. The number of carbonyl (C=O) groups excluding carboxylic acids is 1. The molecule has 0 unspecified atom stereocenters. The second-order valence-electron chi connectivity index (χ2n) is 6.96. The number of amides is 1. The third-order valence-corrected chi connectivity index (χ3v) is 4.85. The summed E-state index contributed by atoms with van der Waals surface area (Å²) >= 11 is 0. The number of methoxy groups -OCH3 is 1. The first-order chi connectivity index (χ1) is 14.0. The summed E-state index contributed by atoms with van der Waals surface area (Å²) in [5, 5.41) is 4.24. The molecular weight excluding hydrogens is 373 g/mol. The molecule has 1 amide bonds. The van der Waals surface area contributed by atoms with Gasteiger partial charge in [-0.1, -0.05) is 12.1 Å². The van der Waals surface area contributed by atoms with Gasteiger partial charge in [-0.25, -0.2) is 4.39 Å². The molecule has 7 heteroatoms. The number of hydrogen-bond donors (Lipinski definition) is 0. The van der Waals surface area contributed by atoms with Crippen LogP contribution >= 0.6 is 0 Å². The van der Waals surface area contributed by atoms with Crippen LogP contribution in [-0.4, -0.2) is 33.7 Å². The highest BCUT2D eigenvalue weighted by atomic mass is 19.1. The Kier molecular flexibility index (Phi) is 5.12. The molecule has 2 aromatic carbocycles. The molecule has 0 atom stereocenters. The molecule has 0 aliphatic heterocycles. The maximum absolute atomic E-state index is 13.2. The van der Waals surface area contributed by atoms with Crippen molar-refractivity contribution in [3.05, 3.63) is 88.1 Å². The van der Waals surface area contributed by atoms with E-state index < -0.39 is 5.82 Å². The summed E-state index contributed by atoms with van der Waals surface area (Å²) in [6.45, 7) is 0.449. The predicted octanol–water partition coefficient (Wildman–Crippen LogP) is 3.19. The molecule has 29 heavy (non-hydrogen) atoms. The van der Waals surface area contributed by atoms with E-state index >= 15 is 0 Å². The Hall–Kier alpha value is -3.48. The summed E-state index contributed by atoms with van der Waals surface area (Å²) in [6, 6.07) is 15.9. The number of benzene rings is 2. The number of aromatic nitrogens is 2. The Morgan fingerprint density at radius 3 is 2.41 bits per heavy atom. The van der Waals surface area contributed by atoms with E-state index in [-0.39, 0.29) is 23.2 Å². The summed E-state index contributed by atoms with van der Waals surface area (Å²) < 4.78 is 19.5. The molecule has 1 aliphatic carbocycles. The van der Waals surface area contributed by atoms with Gasteiger partial charge in [0.15, 0.2) is 0 Å². The van der Waals surface area contributed by atoms with Crippen LogP contribution in [0.3, 0.4) is 0 Å². The van der Waals surface area contributed by atoms with E-state index in [2.05, 4.69) is 5.10 Å². The van der Waals surface area contributed by atoms with Crippen molar-refractivity contribution in [1.82, 2.24) is 14.7 Å². The minimum Gasteiger partial charge on any atom is -0.497 e. The molecule has 6 nitrogen and oxygen atoms in total. The van der Waals surface area contributed by atoms with Gasteiger partial charge in [0.2, 0.25) is 0 Å². The van der Waals surface area contributed by atoms with Crippen molar-refractivity contribution in [1.29, 1.82) is 0 Å². The summed E-state index contributed by atoms with van der Waals surface area (Å²) in [5.74, 6) is 0.110. The highest BCUT2D eigenvalue weighted by Gasteiger charge is 2.34. The highest BCUT2D eigenvalue weighted by Crippen LogP contribution is 2.30. The Labute approximate surface area is 167 Å². The third kappa shape index (κ3) is 4.18. The number of ether oxygens (including phenoxy) is 1. The van der Waals surface area contributed by atoms with Gasteiger partial charge in [-0.15, -0.1) is 0 Å². The van der Waals surface area contributed by atoms with Gasteiger partial charge in [-0.3, -0.25) is 9.59 Å². The predicted molar refractivity (Wildman–Crippen MR) is 106 cm³/mol. The van der Waals surface area contributed by atoms with E-state index in [1.165, 1.54) is 36.4 Å². The van der Waals surface area contributed by atoms with Gasteiger partial charge in [0, 0.05) is 18.7 Å². The third-order valence-electron chi connectivity index (χ3n) is 4.85. The average Bonchev–Trinajstić information content (AvgIpc) is 3.58. The molecule has 0 spiro atoms. The molecular formula is C22H20FN3O3. The van der Waals surface area contributed by atoms with Gasteiger partial charge in [0.1, 0.15) is 17.3 Å². The van der Waals surface area contributed by atoms with E-state index in [0.717, 1.165) is 28.8 Å². The maximum atomic E-state index is 13.2. The molecule has 0 N–H and O–H groups in total. The van der Waals surface area contributed by atoms with Crippen LogP contribution in [0.25, 0.3) is 5.69 Å². The van der Waals surface area contributed by atoms with E-state index in [9.17, 15) is 14.0 Å². The van der Waals surface area contributed by atoms with Crippen LogP contribution in [0, 0.1) is 5.82 Å². The van der Waals surface area contributed by atoms with E-state index in [4.69, 9.17) is 4.74 Å². The Balaban J connectivity index is 1.61. The lowest BCUT2D eigenvalue weighted by molar-refractivity contribution is 0.0722. The van der Waals surface area contributed by atoms with Gasteiger partial charge < -0.3 is 9.64 Å². The fraction of sp³-hybridized carbons (Fsp3) is 0.227. The van der Waals surface area contributed by atoms with Crippen molar-refractivity contribution in [2.24, 2.45) is 0 Å². The normalized spacial score (nSPS) is 13.2. The van der Waals surface area contributed by atoms with Crippen molar-refractivity contribution in [2.75, 3.05) is 7.11 Å². The second kappa shape index (κ2) is 7.87. The Morgan fingerprint density at radius 1 is 1.10 bits per heavy atom.